The molecule has 28 heavy (non-hydrogen) atoms. The third-order valence-corrected chi connectivity index (χ3v) is 5.30. The van der Waals surface area contributed by atoms with Gasteiger partial charge in [-0.3, -0.25) is 4.90 Å². The fourth-order valence-electron chi connectivity index (χ4n) is 3.80. The third kappa shape index (κ3) is 2.80. The lowest BCUT2D eigenvalue weighted by molar-refractivity contribution is 0.196. The molecule has 0 saturated carbocycles. The number of nitrogens with two attached hydrogens (primary N) is 1. The number of anilines is 1. The van der Waals surface area contributed by atoms with Crippen molar-refractivity contribution in [3.05, 3.63) is 48.5 Å². The maximum Gasteiger partial charge on any atom is 0.244 e. The van der Waals surface area contributed by atoms with Crippen LogP contribution in [0.3, 0.4) is 0 Å². The van der Waals surface area contributed by atoms with Crippen molar-refractivity contribution in [1.82, 2.24) is 34.6 Å². The first-order valence-electron chi connectivity index (χ1n) is 9.24. The summed E-state index contributed by atoms with van der Waals surface area (Å²) in [5.41, 5.74) is 8.63. The molecule has 2 N–H and O–H groups in total. The number of fused-ring (bicyclic) bond motifs is 1. The molecule has 4 aromatic rings. The van der Waals surface area contributed by atoms with Crippen molar-refractivity contribution >= 4 is 16.9 Å². The van der Waals surface area contributed by atoms with Crippen LogP contribution in [0.15, 0.2) is 41.3 Å². The first-order chi connectivity index (χ1) is 13.7. The Bertz CT molecular complexity index is 1130. The fourth-order valence-corrected chi connectivity index (χ4v) is 3.80. The Kier molecular flexibility index (Phi) is 4.01. The van der Waals surface area contributed by atoms with Gasteiger partial charge in [0.05, 0.1) is 29.2 Å². The van der Waals surface area contributed by atoms with Crippen molar-refractivity contribution in [3.8, 4) is 11.4 Å². The second kappa shape index (κ2) is 6.68. The first-order valence-corrected chi connectivity index (χ1v) is 9.24. The molecule has 1 fully saturated rings. The molecule has 0 amide bonds. The van der Waals surface area contributed by atoms with E-state index in [0.717, 1.165) is 42.8 Å². The Morgan fingerprint density at radius 3 is 3.00 bits per heavy atom. The smallest absolute Gasteiger partial charge is 0.244 e. The molecule has 3 aromatic heterocycles. The number of para-hydroxylation sites is 2. The molecule has 0 spiro atoms. The zero-order chi connectivity index (χ0) is 19.1. The Labute approximate surface area is 161 Å². The highest BCUT2D eigenvalue weighted by atomic mass is 16.5. The van der Waals surface area contributed by atoms with Gasteiger partial charge in [0, 0.05) is 13.2 Å². The van der Waals surface area contributed by atoms with E-state index in [0.29, 0.717) is 23.1 Å². The van der Waals surface area contributed by atoms with E-state index in [1.165, 1.54) is 6.33 Å². The lowest BCUT2D eigenvalue weighted by atomic mass is 10.2. The molecule has 5 rings (SSSR count). The third-order valence-electron chi connectivity index (χ3n) is 5.30. The van der Waals surface area contributed by atoms with E-state index in [-0.39, 0.29) is 6.04 Å². The van der Waals surface area contributed by atoms with Gasteiger partial charge in [0.25, 0.3) is 0 Å². The fraction of sp³-hybridized carbons (Fsp3) is 0.316. The molecule has 1 aliphatic rings. The molecule has 142 valence electrons. The SMILES string of the molecule is Cn1c(CN2CCCC2c2nc(-c3cncnc3N)no2)nc2ccccc21. The summed E-state index contributed by atoms with van der Waals surface area (Å²) in [6.07, 6.45) is 5.04. The summed E-state index contributed by atoms with van der Waals surface area (Å²) in [4.78, 5) is 19.7. The van der Waals surface area contributed by atoms with Gasteiger partial charge >= 0.3 is 0 Å². The van der Waals surface area contributed by atoms with Crippen molar-refractivity contribution in [1.29, 1.82) is 0 Å². The standard InChI is InChI=1S/C19H20N8O/c1-26-14-6-3-2-5-13(14)23-16(26)10-27-8-4-7-15(27)19-24-18(25-28-19)12-9-21-11-22-17(12)20/h2-3,5-6,9,11,15H,4,7-8,10H2,1H3,(H2,20,21,22). The number of imidazole rings is 1. The number of rotatable bonds is 4. The molecular formula is C19H20N8O. The Morgan fingerprint density at radius 2 is 2.14 bits per heavy atom. The van der Waals surface area contributed by atoms with Crippen LogP contribution in [-0.2, 0) is 13.6 Å². The first kappa shape index (κ1) is 16.8. The number of hydrogen-bond donors (Lipinski definition) is 1. The average molecular weight is 376 g/mol. The van der Waals surface area contributed by atoms with Crippen LogP contribution < -0.4 is 5.73 Å². The van der Waals surface area contributed by atoms with Gasteiger partial charge < -0.3 is 14.8 Å². The van der Waals surface area contributed by atoms with Crippen molar-refractivity contribution < 1.29 is 4.52 Å². The van der Waals surface area contributed by atoms with E-state index in [4.69, 9.17) is 15.2 Å². The minimum absolute atomic E-state index is 0.0620. The maximum atomic E-state index is 5.90. The van der Waals surface area contributed by atoms with Crippen LogP contribution in [0.2, 0.25) is 0 Å². The van der Waals surface area contributed by atoms with Crippen LogP contribution in [0.5, 0.6) is 0 Å². The minimum atomic E-state index is 0.0620. The molecule has 0 bridgehead atoms. The van der Waals surface area contributed by atoms with Gasteiger partial charge in [-0.2, -0.15) is 4.98 Å². The van der Waals surface area contributed by atoms with E-state index in [2.05, 4.69) is 42.7 Å². The molecule has 1 unspecified atom stereocenters. The highest BCUT2D eigenvalue weighted by molar-refractivity contribution is 5.75. The van der Waals surface area contributed by atoms with Crippen molar-refractivity contribution in [2.75, 3.05) is 12.3 Å². The summed E-state index contributed by atoms with van der Waals surface area (Å²) in [6.45, 7) is 1.69. The number of nitrogens with zero attached hydrogens (tertiary/aromatic N) is 7. The zero-order valence-electron chi connectivity index (χ0n) is 15.5. The molecule has 0 aliphatic carbocycles. The van der Waals surface area contributed by atoms with Crippen LogP contribution in [0, 0.1) is 0 Å². The van der Waals surface area contributed by atoms with Crippen molar-refractivity contribution in [2.24, 2.45) is 7.05 Å². The van der Waals surface area contributed by atoms with Crippen molar-refractivity contribution in [2.45, 2.75) is 25.4 Å². The van der Waals surface area contributed by atoms with Crippen LogP contribution in [0.4, 0.5) is 5.82 Å². The molecule has 0 radical (unpaired) electrons. The number of aromatic nitrogens is 6. The molecule has 1 aliphatic heterocycles. The lowest BCUT2D eigenvalue weighted by Gasteiger charge is -2.20. The van der Waals surface area contributed by atoms with Gasteiger partial charge in [-0.1, -0.05) is 17.3 Å². The molecule has 9 heteroatoms. The topological polar surface area (TPSA) is 112 Å². The van der Waals surface area contributed by atoms with Gasteiger partial charge in [-0.05, 0) is 31.5 Å². The monoisotopic (exact) mass is 376 g/mol. The van der Waals surface area contributed by atoms with E-state index in [1.807, 2.05) is 18.2 Å². The Balaban J connectivity index is 1.41. The van der Waals surface area contributed by atoms with Gasteiger partial charge in [-0.25, -0.2) is 15.0 Å². The Hall–Kier alpha value is -3.33. The quantitative estimate of drug-likeness (QED) is 0.577. The predicted molar refractivity (Wildman–Crippen MR) is 103 cm³/mol. The van der Waals surface area contributed by atoms with Crippen LogP contribution in [0.25, 0.3) is 22.4 Å². The summed E-state index contributed by atoms with van der Waals surface area (Å²) in [5.74, 6) is 2.37. The van der Waals surface area contributed by atoms with Crippen LogP contribution in [-0.4, -0.2) is 41.1 Å². The largest absolute Gasteiger partial charge is 0.383 e. The molecule has 1 aromatic carbocycles. The number of hydrogen-bond acceptors (Lipinski definition) is 8. The number of nitrogen functional groups attached to an aromatic ring is 1. The van der Waals surface area contributed by atoms with E-state index in [1.54, 1.807) is 6.20 Å². The van der Waals surface area contributed by atoms with Crippen LogP contribution >= 0.6 is 0 Å². The number of benzene rings is 1. The van der Waals surface area contributed by atoms with Crippen molar-refractivity contribution in [3.63, 3.8) is 0 Å². The van der Waals surface area contributed by atoms with E-state index in [9.17, 15) is 0 Å². The van der Waals surface area contributed by atoms with Gasteiger partial charge in [0.15, 0.2) is 0 Å². The second-order valence-corrected chi connectivity index (χ2v) is 6.98. The normalized spacial score (nSPS) is 17.5. The summed E-state index contributed by atoms with van der Waals surface area (Å²) in [7, 11) is 2.05. The molecule has 9 nitrogen and oxygen atoms in total. The van der Waals surface area contributed by atoms with Crippen LogP contribution in [0.1, 0.15) is 30.6 Å². The van der Waals surface area contributed by atoms with E-state index >= 15 is 0 Å². The van der Waals surface area contributed by atoms with Gasteiger partial charge in [0.2, 0.25) is 11.7 Å². The highest BCUT2D eigenvalue weighted by Crippen LogP contribution is 2.33. The predicted octanol–water partition coefficient (Wildman–Crippen LogP) is 2.33. The molecular weight excluding hydrogens is 356 g/mol. The lowest BCUT2D eigenvalue weighted by Crippen LogP contribution is -2.24. The summed E-state index contributed by atoms with van der Waals surface area (Å²) in [5, 5.41) is 4.09. The number of aryl methyl sites for hydroxylation is 1. The van der Waals surface area contributed by atoms with Gasteiger partial charge in [0.1, 0.15) is 18.0 Å². The molecule has 1 saturated heterocycles. The molecule has 4 heterocycles. The summed E-state index contributed by atoms with van der Waals surface area (Å²) in [6, 6.07) is 8.23. The second-order valence-electron chi connectivity index (χ2n) is 6.98. The minimum Gasteiger partial charge on any atom is -0.383 e. The molecule has 1 atom stereocenters. The summed E-state index contributed by atoms with van der Waals surface area (Å²) < 4.78 is 7.72. The Morgan fingerprint density at radius 1 is 1.25 bits per heavy atom. The zero-order valence-corrected chi connectivity index (χ0v) is 15.5. The maximum absolute atomic E-state index is 5.90. The summed E-state index contributed by atoms with van der Waals surface area (Å²) >= 11 is 0. The average Bonchev–Trinajstić information content (AvgIpc) is 3.43. The highest BCUT2D eigenvalue weighted by Gasteiger charge is 2.32. The van der Waals surface area contributed by atoms with E-state index < -0.39 is 0 Å². The van der Waals surface area contributed by atoms with Gasteiger partial charge in [-0.15, -0.1) is 0 Å². The number of likely N-dealkylation sites (tertiary alicyclic amines) is 1.